The lowest BCUT2D eigenvalue weighted by Gasteiger charge is -2.40. The molecule has 0 spiro atoms. The first-order valence-electron chi connectivity index (χ1n) is 6.70. The Bertz CT molecular complexity index is 541. The van der Waals surface area contributed by atoms with Crippen molar-refractivity contribution in [3.8, 4) is 0 Å². The molecule has 0 aliphatic heterocycles. The molecule has 1 saturated carbocycles. The molecule has 0 radical (unpaired) electrons. The van der Waals surface area contributed by atoms with E-state index in [1.54, 1.807) is 6.20 Å². The maximum absolute atomic E-state index is 12.3. The molecule has 0 unspecified atom stereocenters. The molecule has 1 aliphatic rings. The van der Waals surface area contributed by atoms with Gasteiger partial charge in [-0.3, -0.25) is 0 Å². The lowest BCUT2D eigenvalue weighted by atomic mass is 9.78. The summed E-state index contributed by atoms with van der Waals surface area (Å²) < 4.78 is 29.2. The molecule has 0 bridgehead atoms. The van der Waals surface area contributed by atoms with Crippen LogP contribution in [0, 0.1) is 6.92 Å². The zero-order valence-corrected chi connectivity index (χ0v) is 12.3. The first-order valence-corrected chi connectivity index (χ1v) is 8.18. The van der Waals surface area contributed by atoms with Gasteiger partial charge in [-0.15, -0.1) is 0 Å². The van der Waals surface area contributed by atoms with Crippen LogP contribution in [0.4, 0.5) is 0 Å². The fourth-order valence-electron chi connectivity index (χ4n) is 2.36. The highest BCUT2D eigenvalue weighted by atomic mass is 32.2. The normalized spacial score (nSPS) is 18.3. The zero-order chi connectivity index (χ0) is 14.1. The molecule has 0 saturated heterocycles. The van der Waals surface area contributed by atoms with Crippen molar-refractivity contribution in [3.63, 3.8) is 0 Å². The van der Waals surface area contributed by atoms with Crippen molar-refractivity contribution in [3.05, 3.63) is 12.0 Å². The molecule has 6 nitrogen and oxygen atoms in total. The smallest absolute Gasteiger partial charge is 0.260 e. The van der Waals surface area contributed by atoms with E-state index in [2.05, 4.69) is 9.71 Å². The summed E-state index contributed by atoms with van der Waals surface area (Å²) >= 11 is 0. The van der Waals surface area contributed by atoms with Crippen LogP contribution < -0.4 is 10.5 Å². The molecule has 7 heteroatoms. The summed E-state index contributed by atoms with van der Waals surface area (Å²) in [6, 6.07) is 0. The van der Waals surface area contributed by atoms with Gasteiger partial charge in [-0.2, -0.15) is 0 Å². The number of aryl methyl sites for hydroxylation is 2. The lowest BCUT2D eigenvalue weighted by Crippen LogP contribution is -2.58. The molecule has 1 aliphatic carbocycles. The molecule has 3 N–H and O–H groups in total. The Hall–Kier alpha value is -0.920. The van der Waals surface area contributed by atoms with Gasteiger partial charge in [0.1, 0.15) is 5.82 Å². The second-order valence-corrected chi connectivity index (χ2v) is 6.89. The van der Waals surface area contributed by atoms with Crippen molar-refractivity contribution in [2.75, 3.05) is 6.54 Å². The summed E-state index contributed by atoms with van der Waals surface area (Å²) in [6.45, 7) is 4.97. The molecular formula is C12H22N4O2S. The van der Waals surface area contributed by atoms with E-state index < -0.39 is 15.6 Å². The SMILES string of the molecule is CCCn1cc(S(=O)(=O)NC2(CN)CCC2)nc1C. The van der Waals surface area contributed by atoms with Crippen LogP contribution in [-0.4, -0.2) is 30.1 Å². The van der Waals surface area contributed by atoms with E-state index in [4.69, 9.17) is 5.73 Å². The Balaban J connectivity index is 2.22. The van der Waals surface area contributed by atoms with Gasteiger partial charge in [0.05, 0.1) is 0 Å². The molecule has 19 heavy (non-hydrogen) atoms. The minimum atomic E-state index is -3.57. The molecule has 1 aromatic rings. The second kappa shape index (κ2) is 5.22. The van der Waals surface area contributed by atoms with Gasteiger partial charge in [0.2, 0.25) is 0 Å². The number of nitrogens with zero attached hydrogens (tertiary/aromatic N) is 2. The monoisotopic (exact) mass is 286 g/mol. The Labute approximate surface area is 114 Å². The molecule has 0 atom stereocenters. The highest BCUT2D eigenvalue weighted by molar-refractivity contribution is 7.89. The Morgan fingerprint density at radius 3 is 2.68 bits per heavy atom. The van der Waals surface area contributed by atoms with Crippen molar-refractivity contribution < 1.29 is 8.42 Å². The van der Waals surface area contributed by atoms with Gasteiger partial charge in [0.15, 0.2) is 5.03 Å². The minimum absolute atomic E-state index is 0.0955. The van der Waals surface area contributed by atoms with Gasteiger partial charge in [-0.05, 0) is 32.6 Å². The fourth-order valence-corrected chi connectivity index (χ4v) is 3.85. The van der Waals surface area contributed by atoms with Crippen LogP contribution in [0.25, 0.3) is 0 Å². The van der Waals surface area contributed by atoms with E-state index in [1.165, 1.54) is 0 Å². The standard InChI is InChI=1S/C12H22N4O2S/c1-3-7-16-8-11(14-10(16)2)19(17,18)15-12(9-13)5-4-6-12/h8,15H,3-7,9,13H2,1-2H3. The second-order valence-electron chi connectivity index (χ2n) is 5.26. The van der Waals surface area contributed by atoms with E-state index in [1.807, 2.05) is 18.4 Å². The highest BCUT2D eigenvalue weighted by Gasteiger charge is 2.40. The predicted molar refractivity (Wildman–Crippen MR) is 73.2 cm³/mol. The van der Waals surface area contributed by atoms with Gasteiger partial charge in [-0.25, -0.2) is 18.1 Å². The Kier molecular flexibility index (Phi) is 3.98. The molecule has 0 amide bonds. The summed E-state index contributed by atoms with van der Waals surface area (Å²) in [4.78, 5) is 4.15. The number of imidazole rings is 1. The van der Waals surface area contributed by atoms with Gasteiger partial charge >= 0.3 is 0 Å². The first-order chi connectivity index (χ1) is 8.92. The van der Waals surface area contributed by atoms with Crippen molar-refractivity contribution in [1.82, 2.24) is 14.3 Å². The summed E-state index contributed by atoms with van der Waals surface area (Å²) in [6.07, 6.45) is 5.17. The fraction of sp³-hybridized carbons (Fsp3) is 0.750. The van der Waals surface area contributed by atoms with Crippen LogP contribution in [0.1, 0.15) is 38.4 Å². The number of sulfonamides is 1. The number of nitrogens with one attached hydrogen (secondary N) is 1. The quantitative estimate of drug-likeness (QED) is 0.808. The van der Waals surface area contributed by atoms with Gasteiger partial charge in [0.25, 0.3) is 10.0 Å². The molecular weight excluding hydrogens is 264 g/mol. The lowest BCUT2D eigenvalue weighted by molar-refractivity contribution is 0.230. The largest absolute Gasteiger partial charge is 0.334 e. The first kappa shape index (κ1) is 14.5. The third kappa shape index (κ3) is 2.82. The van der Waals surface area contributed by atoms with Gasteiger partial charge < -0.3 is 10.3 Å². The third-order valence-corrected chi connectivity index (χ3v) is 5.20. The molecule has 1 aromatic heterocycles. The average molecular weight is 286 g/mol. The summed E-state index contributed by atoms with van der Waals surface area (Å²) in [7, 11) is -3.57. The van der Waals surface area contributed by atoms with E-state index in [0.29, 0.717) is 6.54 Å². The Morgan fingerprint density at radius 2 is 2.21 bits per heavy atom. The minimum Gasteiger partial charge on any atom is -0.334 e. The van der Waals surface area contributed by atoms with Gasteiger partial charge in [-0.1, -0.05) is 6.92 Å². The maximum atomic E-state index is 12.3. The number of aromatic nitrogens is 2. The van der Waals surface area contributed by atoms with Crippen LogP contribution >= 0.6 is 0 Å². The predicted octanol–water partition coefficient (Wildman–Crippen LogP) is 0.761. The van der Waals surface area contributed by atoms with E-state index in [-0.39, 0.29) is 5.03 Å². The number of hydrogen-bond acceptors (Lipinski definition) is 4. The van der Waals surface area contributed by atoms with E-state index in [0.717, 1.165) is 38.1 Å². The molecule has 0 aromatic carbocycles. The van der Waals surface area contributed by atoms with Crippen LogP contribution in [0.5, 0.6) is 0 Å². The zero-order valence-electron chi connectivity index (χ0n) is 11.5. The maximum Gasteiger partial charge on any atom is 0.260 e. The van der Waals surface area contributed by atoms with E-state index >= 15 is 0 Å². The van der Waals surface area contributed by atoms with Crippen molar-refractivity contribution >= 4 is 10.0 Å². The third-order valence-electron chi connectivity index (χ3n) is 3.75. The summed E-state index contributed by atoms with van der Waals surface area (Å²) in [5.74, 6) is 0.720. The van der Waals surface area contributed by atoms with Crippen LogP contribution in [0.3, 0.4) is 0 Å². The van der Waals surface area contributed by atoms with Crippen LogP contribution in [-0.2, 0) is 16.6 Å². The van der Waals surface area contributed by atoms with Crippen LogP contribution in [0.2, 0.25) is 0 Å². The van der Waals surface area contributed by atoms with Crippen molar-refractivity contribution in [2.45, 2.75) is 56.6 Å². The Morgan fingerprint density at radius 1 is 1.53 bits per heavy atom. The number of rotatable bonds is 6. The number of nitrogens with two attached hydrogens (primary N) is 1. The summed E-state index contributed by atoms with van der Waals surface area (Å²) in [5.41, 5.74) is 5.23. The van der Waals surface area contributed by atoms with Crippen molar-refractivity contribution in [2.24, 2.45) is 5.73 Å². The molecule has 2 rings (SSSR count). The average Bonchev–Trinajstić information content (AvgIpc) is 2.67. The highest BCUT2D eigenvalue weighted by Crippen LogP contribution is 2.32. The number of hydrogen-bond donors (Lipinski definition) is 2. The van der Waals surface area contributed by atoms with Crippen LogP contribution in [0.15, 0.2) is 11.2 Å². The topological polar surface area (TPSA) is 90.0 Å². The summed E-state index contributed by atoms with van der Waals surface area (Å²) in [5, 5.41) is 0.0955. The molecule has 1 heterocycles. The van der Waals surface area contributed by atoms with Gasteiger partial charge in [0, 0.05) is 24.8 Å². The van der Waals surface area contributed by atoms with E-state index in [9.17, 15) is 8.42 Å². The molecule has 108 valence electrons. The molecule has 1 fully saturated rings. The van der Waals surface area contributed by atoms with Crippen molar-refractivity contribution in [1.29, 1.82) is 0 Å².